The highest BCUT2D eigenvalue weighted by molar-refractivity contribution is 5.80. The van der Waals surface area contributed by atoms with E-state index >= 15 is 0 Å². The third kappa shape index (κ3) is 2.70. The van der Waals surface area contributed by atoms with E-state index in [0.29, 0.717) is 6.54 Å². The largest absolute Gasteiger partial charge is 0.356 e. The van der Waals surface area contributed by atoms with Gasteiger partial charge in [-0.1, -0.05) is 6.92 Å². The maximum Gasteiger partial charge on any atom is 0.216 e. The molecule has 0 saturated heterocycles. The minimum atomic E-state index is 0.0189. The van der Waals surface area contributed by atoms with E-state index in [1.54, 1.807) is 6.92 Å². The summed E-state index contributed by atoms with van der Waals surface area (Å²) in [4.78, 5) is 15.3. The molecule has 96 valence electrons. The Morgan fingerprint density at radius 1 is 1.50 bits per heavy atom. The second kappa shape index (κ2) is 5.67. The summed E-state index contributed by atoms with van der Waals surface area (Å²) < 4.78 is 2.19. The molecular weight excluding hydrogens is 226 g/mol. The SMILES string of the molecule is CCCn1cc(CCNC(C)=O)c2cccnc21. The fraction of sp³-hybridized carbons (Fsp3) is 0.429. The number of aromatic nitrogens is 2. The fourth-order valence-corrected chi connectivity index (χ4v) is 2.18. The van der Waals surface area contributed by atoms with Crippen molar-refractivity contribution in [3.8, 4) is 0 Å². The second-order valence-electron chi connectivity index (χ2n) is 4.46. The molecule has 0 unspecified atom stereocenters. The van der Waals surface area contributed by atoms with Crippen LogP contribution < -0.4 is 5.32 Å². The van der Waals surface area contributed by atoms with Gasteiger partial charge in [0.05, 0.1) is 0 Å². The molecule has 0 atom stereocenters. The highest BCUT2D eigenvalue weighted by Crippen LogP contribution is 2.19. The van der Waals surface area contributed by atoms with E-state index in [1.807, 2.05) is 12.3 Å². The van der Waals surface area contributed by atoms with Gasteiger partial charge in [-0.05, 0) is 30.5 Å². The summed E-state index contributed by atoms with van der Waals surface area (Å²) in [5.74, 6) is 0.0189. The average Bonchev–Trinajstić information content (AvgIpc) is 2.69. The molecule has 0 saturated carbocycles. The number of fused-ring (bicyclic) bond motifs is 1. The normalized spacial score (nSPS) is 10.8. The highest BCUT2D eigenvalue weighted by Gasteiger charge is 2.08. The topological polar surface area (TPSA) is 46.9 Å². The summed E-state index contributed by atoms with van der Waals surface area (Å²) in [6.07, 6.45) is 5.92. The monoisotopic (exact) mass is 245 g/mol. The molecule has 2 heterocycles. The van der Waals surface area contributed by atoms with Gasteiger partial charge >= 0.3 is 0 Å². The summed E-state index contributed by atoms with van der Waals surface area (Å²) in [7, 11) is 0. The Bertz CT molecular complexity index is 545. The van der Waals surface area contributed by atoms with Gasteiger partial charge in [0.2, 0.25) is 5.91 Å². The Kier molecular flexibility index (Phi) is 3.97. The number of hydrogen-bond acceptors (Lipinski definition) is 2. The molecule has 1 N–H and O–H groups in total. The third-order valence-electron chi connectivity index (χ3n) is 2.95. The molecule has 18 heavy (non-hydrogen) atoms. The molecule has 0 fully saturated rings. The van der Waals surface area contributed by atoms with Crippen LogP contribution in [0.2, 0.25) is 0 Å². The van der Waals surface area contributed by atoms with Gasteiger partial charge in [-0.3, -0.25) is 4.79 Å². The molecular formula is C14H19N3O. The van der Waals surface area contributed by atoms with Crippen LogP contribution in [0.15, 0.2) is 24.5 Å². The van der Waals surface area contributed by atoms with E-state index in [-0.39, 0.29) is 5.91 Å². The zero-order valence-corrected chi connectivity index (χ0v) is 10.9. The van der Waals surface area contributed by atoms with E-state index < -0.39 is 0 Å². The maximum absolute atomic E-state index is 10.9. The smallest absolute Gasteiger partial charge is 0.216 e. The summed E-state index contributed by atoms with van der Waals surface area (Å²) >= 11 is 0. The molecule has 0 aliphatic heterocycles. The van der Waals surface area contributed by atoms with Crippen molar-refractivity contribution in [3.05, 3.63) is 30.1 Å². The number of hydrogen-bond donors (Lipinski definition) is 1. The number of nitrogens with zero attached hydrogens (tertiary/aromatic N) is 2. The molecule has 0 spiro atoms. The van der Waals surface area contributed by atoms with Crippen molar-refractivity contribution in [2.24, 2.45) is 0 Å². The standard InChI is InChI=1S/C14H19N3O/c1-3-9-17-10-12(6-8-15-11(2)18)13-5-4-7-16-14(13)17/h4-5,7,10H,3,6,8-9H2,1-2H3,(H,15,18). The molecule has 0 bridgehead atoms. The van der Waals surface area contributed by atoms with Crippen LogP contribution in [0, 0.1) is 0 Å². The summed E-state index contributed by atoms with van der Waals surface area (Å²) in [5.41, 5.74) is 2.29. The number of aryl methyl sites for hydroxylation is 1. The fourth-order valence-electron chi connectivity index (χ4n) is 2.18. The van der Waals surface area contributed by atoms with Crippen LogP contribution in [0.1, 0.15) is 25.8 Å². The van der Waals surface area contributed by atoms with Crippen LogP contribution in [0.5, 0.6) is 0 Å². The van der Waals surface area contributed by atoms with E-state index in [0.717, 1.165) is 25.0 Å². The highest BCUT2D eigenvalue weighted by atomic mass is 16.1. The predicted molar refractivity (Wildman–Crippen MR) is 72.4 cm³/mol. The van der Waals surface area contributed by atoms with Crippen molar-refractivity contribution in [1.82, 2.24) is 14.9 Å². The number of pyridine rings is 1. The van der Waals surface area contributed by atoms with E-state index in [1.165, 1.54) is 10.9 Å². The van der Waals surface area contributed by atoms with Crippen molar-refractivity contribution >= 4 is 16.9 Å². The Morgan fingerprint density at radius 2 is 2.33 bits per heavy atom. The Balaban J connectivity index is 2.24. The van der Waals surface area contributed by atoms with Crippen molar-refractivity contribution < 1.29 is 4.79 Å². The first-order chi connectivity index (χ1) is 8.72. The quantitative estimate of drug-likeness (QED) is 0.877. The van der Waals surface area contributed by atoms with Crippen LogP contribution in [-0.4, -0.2) is 22.0 Å². The molecule has 2 aromatic rings. The van der Waals surface area contributed by atoms with Gasteiger partial charge in [0, 0.05) is 37.8 Å². The molecule has 4 nitrogen and oxygen atoms in total. The number of rotatable bonds is 5. The Hall–Kier alpha value is -1.84. The lowest BCUT2D eigenvalue weighted by atomic mass is 10.1. The minimum absolute atomic E-state index is 0.0189. The van der Waals surface area contributed by atoms with Crippen molar-refractivity contribution in [2.75, 3.05) is 6.54 Å². The van der Waals surface area contributed by atoms with Crippen LogP contribution in [0.3, 0.4) is 0 Å². The van der Waals surface area contributed by atoms with Crippen LogP contribution in [-0.2, 0) is 17.8 Å². The zero-order valence-electron chi connectivity index (χ0n) is 10.9. The third-order valence-corrected chi connectivity index (χ3v) is 2.95. The van der Waals surface area contributed by atoms with Gasteiger partial charge in [-0.25, -0.2) is 4.98 Å². The van der Waals surface area contributed by atoms with E-state index in [2.05, 4.69) is 34.1 Å². The summed E-state index contributed by atoms with van der Waals surface area (Å²) in [6, 6.07) is 4.05. The van der Waals surface area contributed by atoms with Crippen LogP contribution >= 0.6 is 0 Å². The van der Waals surface area contributed by atoms with Gasteiger partial charge in [-0.15, -0.1) is 0 Å². The molecule has 4 heteroatoms. The van der Waals surface area contributed by atoms with Gasteiger partial charge in [0.1, 0.15) is 5.65 Å². The predicted octanol–water partition coefficient (Wildman–Crippen LogP) is 2.12. The molecule has 2 aromatic heterocycles. The number of carbonyl (C=O) groups excluding carboxylic acids is 1. The van der Waals surface area contributed by atoms with E-state index in [4.69, 9.17) is 0 Å². The molecule has 0 aliphatic carbocycles. The van der Waals surface area contributed by atoms with Gasteiger partial charge < -0.3 is 9.88 Å². The van der Waals surface area contributed by atoms with Crippen molar-refractivity contribution in [3.63, 3.8) is 0 Å². The van der Waals surface area contributed by atoms with Crippen LogP contribution in [0.25, 0.3) is 11.0 Å². The van der Waals surface area contributed by atoms with Gasteiger partial charge in [0.15, 0.2) is 0 Å². The molecule has 1 amide bonds. The van der Waals surface area contributed by atoms with E-state index in [9.17, 15) is 4.79 Å². The first-order valence-electron chi connectivity index (χ1n) is 6.39. The lowest BCUT2D eigenvalue weighted by molar-refractivity contribution is -0.118. The summed E-state index contributed by atoms with van der Waals surface area (Å²) in [6.45, 7) is 5.36. The number of carbonyl (C=O) groups is 1. The summed E-state index contributed by atoms with van der Waals surface area (Å²) in [5, 5.41) is 4.02. The molecule has 0 aromatic carbocycles. The first kappa shape index (κ1) is 12.6. The second-order valence-corrected chi connectivity index (χ2v) is 4.46. The average molecular weight is 245 g/mol. The Labute approximate surface area is 107 Å². The minimum Gasteiger partial charge on any atom is -0.356 e. The molecule has 0 aliphatic rings. The van der Waals surface area contributed by atoms with Gasteiger partial charge in [-0.2, -0.15) is 0 Å². The molecule has 2 rings (SSSR count). The van der Waals surface area contributed by atoms with Crippen molar-refractivity contribution in [2.45, 2.75) is 33.2 Å². The first-order valence-corrected chi connectivity index (χ1v) is 6.39. The zero-order chi connectivity index (χ0) is 13.0. The number of amides is 1. The molecule has 0 radical (unpaired) electrons. The van der Waals surface area contributed by atoms with Crippen LogP contribution in [0.4, 0.5) is 0 Å². The van der Waals surface area contributed by atoms with Gasteiger partial charge in [0.25, 0.3) is 0 Å². The Morgan fingerprint density at radius 3 is 3.06 bits per heavy atom. The lowest BCUT2D eigenvalue weighted by Crippen LogP contribution is -2.22. The van der Waals surface area contributed by atoms with Crippen molar-refractivity contribution in [1.29, 1.82) is 0 Å². The maximum atomic E-state index is 10.9. The number of nitrogens with one attached hydrogen (secondary N) is 1. The lowest BCUT2D eigenvalue weighted by Gasteiger charge is -2.00.